The number of fused-ring (bicyclic) bond motifs is 1. The fourth-order valence-electron chi connectivity index (χ4n) is 2.64. The lowest BCUT2D eigenvalue weighted by molar-refractivity contribution is 0.00578. The molecule has 0 bridgehead atoms. The molecule has 0 aliphatic carbocycles. The summed E-state index contributed by atoms with van der Waals surface area (Å²) in [4.78, 5) is 6.16. The lowest BCUT2D eigenvalue weighted by Crippen LogP contribution is -2.42. The summed E-state index contributed by atoms with van der Waals surface area (Å²) in [6.45, 7) is 12.7. The first kappa shape index (κ1) is 16.3. The zero-order valence-corrected chi connectivity index (χ0v) is 14.1. The quantitative estimate of drug-likeness (QED) is 0.665. The smallest absolute Gasteiger partial charge is 0.474 e. The molecule has 0 saturated carbocycles. The number of ether oxygens (including phenoxy) is 1. The van der Waals surface area contributed by atoms with E-state index in [0.29, 0.717) is 19.0 Å². The summed E-state index contributed by atoms with van der Waals surface area (Å²) in [6.07, 6.45) is 2.40. The van der Waals surface area contributed by atoms with Crippen molar-refractivity contribution in [2.24, 2.45) is 0 Å². The summed E-state index contributed by atoms with van der Waals surface area (Å²) >= 11 is 0. The fraction of sp³-hybridized carbons (Fsp3) is 0.562. The van der Waals surface area contributed by atoms with Crippen molar-refractivity contribution in [3.8, 4) is 5.88 Å². The van der Waals surface area contributed by atoms with Crippen LogP contribution in [0, 0.1) is 0 Å². The van der Waals surface area contributed by atoms with Crippen molar-refractivity contribution in [1.82, 2.24) is 4.98 Å². The fourth-order valence-corrected chi connectivity index (χ4v) is 2.64. The van der Waals surface area contributed by atoms with Crippen molar-refractivity contribution in [2.45, 2.75) is 45.1 Å². The van der Waals surface area contributed by atoms with Crippen molar-refractivity contribution >= 4 is 18.3 Å². The van der Waals surface area contributed by atoms with Gasteiger partial charge in [-0.25, -0.2) is 4.98 Å². The summed E-state index contributed by atoms with van der Waals surface area (Å²) in [5.41, 5.74) is 0.694. The van der Waals surface area contributed by atoms with Gasteiger partial charge >= 0.3 is 7.12 Å². The highest BCUT2D eigenvalue weighted by atomic mass is 16.7. The molecule has 1 unspecified atom stereocenters. The lowest BCUT2D eigenvalue weighted by Gasteiger charge is -2.33. The molecule has 0 amide bonds. The number of anilines is 1. The molecule has 2 aliphatic heterocycles. The maximum absolute atomic E-state index is 10.1. The highest BCUT2D eigenvalue weighted by Crippen LogP contribution is 2.37. The summed E-state index contributed by atoms with van der Waals surface area (Å²) < 4.78 is 17.7. The van der Waals surface area contributed by atoms with Crippen molar-refractivity contribution in [3.05, 3.63) is 24.9 Å². The molecule has 1 aromatic rings. The first-order valence-corrected chi connectivity index (χ1v) is 7.81. The van der Waals surface area contributed by atoms with E-state index in [0.717, 1.165) is 11.2 Å². The van der Waals surface area contributed by atoms with E-state index in [1.807, 2.05) is 33.8 Å². The number of pyridine rings is 1. The molecule has 0 spiro atoms. The highest BCUT2D eigenvalue weighted by molar-refractivity contribution is 6.62. The number of nitrogens with zero attached hydrogens (tertiary/aromatic N) is 2. The Morgan fingerprint density at radius 2 is 2.00 bits per heavy atom. The molecule has 7 heteroatoms. The summed E-state index contributed by atoms with van der Waals surface area (Å²) in [5, 5.41) is 10.1. The Bertz CT molecular complexity index is 604. The minimum Gasteiger partial charge on any atom is -0.474 e. The lowest BCUT2D eigenvalue weighted by atomic mass is 9.80. The largest absolute Gasteiger partial charge is 0.496 e. The molecule has 2 aliphatic rings. The average molecular weight is 318 g/mol. The molecule has 1 fully saturated rings. The van der Waals surface area contributed by atoms with Crippen LogP contribution in [-0.2, 0) is 9.31 Å². The van der Waals surface area contributed by atoms with E-state index in [2.05, 4.69) is 11.6 Å². The van der Waals surface area contributed by atoms with E-state index in [-0.39, 0.29) is 0 Å². The Kier molecular flexibility index (Phi) is 3.90. The molecule has 1 saturated heterocycles. The third kappa shape index (κ3) is 2.73. The van der Waals surface area contributed by atoms with Crippen LogP contribution in [0.15, 0.2) is 24.9 Å². The molecule has 3 rings (SSSR count). The first-order valence-electron chi connectivity index (χ1n) is 7.81. The minimum absolute atomic E-state index is 0.412. The summed E-state index contributed by atoms with van der Waals surface area (Å²) in [7, 11) is -0.498. The molecule has 1 N–H and O–H groups in total. The summed E-state index contributed by atoms with van der Waals surface area (Å²) in [6, 6.07) is 1.90. The Morgan fingerprint density at radius 1 is 1.35 bits per heavy atom. The maximum Gasteiger partial charge on any atom is 0.496 e. The van der Waals surface area contributed by atoms with E-state index in [1.165, 1.54) is 6.08 Å². The number of rotatable bonds is 3. The molecule has 124 valence electrons. The monoisotopic (exact) mass is 318 g/mol. The van der Waals surface area contributed by atoms with Crippen LogP contribution in [0.25, 0.3) is 0 Å². The molecule has 0 aromatic carbocycles. The third-order valence-electron chi connectivity index (χ3n) is 4.79. The van der Waals surface area contributed by atoms with Crippen LogP contribution in [0.2, 0.25) is 0 Å². The van der Waals surface area contributed by atoms with Crippen LogP contribution < -0.4 is 15.1 Å². The van der Waals surface area contributed by atoms with Gasteiger partial charge in [0.2, 0.25) is 5.88 Å². The zero-order chi connectivity index (χ0) is 16.8. The predicted molar refractivity (Wildman–Crippen MR) is 89.0 cm³/mol. The van der Waals surface area contributed by atoms with Gasteiger partial charge in [0.1, 0.15) is 18.5 Å². The van der Waals surface area contributed by atoms with E-state index in [4.69, 9.17) is 14.0 Å². The van der Waals surface area contributed by atoms with Crippen LogP contribution in [0.5, 0.6) is 5.88 Å². The maximum atomic E-state index is 10.1. The van der Waals surface area contributed by atoms with Gasteiger partial charge in [0.05, 0.1) is 17.7 Å². The second-order valence-corrected chi connectivity index (χ2v) is 6.87. The second-order valence-electron chi connectivity index (χ2n) is 6.87. The van der Waals surface area contributed by atoms with Crippen LogP contribution in [0.3, 0.4) is 0 Å². The number of aromatic nitrogens is 1. The number of hydrogen-bond acceptors (Lipinski definition) is 6. The molecule has 0 radical (unpaired) electrons. The Morgan fingerprint density at radius 3 is 2.61 bits per heavy atom. The minimum atomic E-state index is -0.784. The normalized spacial score (nSPS) is 23.2. The van der Waals surface area contributed by atoms with Crippen molar-refractivity contribution < 1.29 is 19.2 Å². The SMILES string of the molecule is C=CC(O)N1CCOc2ncc(B3OC(C)(C)C(C)(C)O3)cc21. The number of hydrogen-bond donors (Lipinski definition) is 1. The Labute approximate surface area is 137 Å². The first-order chi connectivity index (χ1) is 10.7. The van der Waals surface area contributed by atoms with Crippen LogP contribution in [0.1, 0.15) is 27.7 Å². The van der Waals surface area contributed by atoms with E-state index in [9.17, 15) is 5.11 Å². The van der Waals surface area contributed by atoms with Crippen LogP contribution in [-0.4, -0.2) is 47.8 Å². The standard InChI is InChI=1S/C16H23BN2O4/c1-6-13(20)19-7-8-21-14-12(19)9-11(10-18-14)17-22-15(2,3)16(4,5)23-17/h6,9-10,13,20H,1,7-8H2,2-5H3. The topological polar surface area (TPSA) is 64.1 Å². The molecular weight excluding hydrogens is 295 g/mol. The van der Waals surface area contributed by atoms with Gasteiger partial charge in [0.15, 0.2) is 0 Å². The molecule has 3 heterocycles. The van der Waals surface area contributed by atoms with Crippen LogP contribution in [0.4, 0.5) is 5.69 Å². The Hall–Kier alpha value is -1.57. The third-order valence-corrected chi connectivity index (χ3v) is 4.79. The van der Waals surface area contributed by atoms with Gasteiger partial charge in [-0.1, -0.05) is 6.58 Å². The van der Waals surface area contributed by atoms with Crippen LogP contribution >= 0.6 is 0 Å². The number of aliphatic hydroxyl groups is 1. The van der Waals surface area contributed by atoms with Gasteiger partial charge in [0, 0.05) is 11.7 Å². The van der Waals surface area contributed by atoms with Gasteiger partial charge in [0.25, 0.3) is 0 Å². The Balaban J connectivity index is 1.93. The summed E-state index contributed by atoms with van der Waals surface area (Å²) in [5.74, 6) is 0.498. The number of aliphatic hydroxyl groups excluding tert-OH is 1. The van der Waals surface area contributed by atoms with Crippen molar-refractivity contribution in [2.75, 3.05) is 18.1 Å². The van der Waals surface area contributed by atoms with Gasteiger partial charge in [-0.2, -0.15) is 0 Å². The van der Waals surface area contributed by atoms with Gasteiger partial charge in [-0.3, -0.25) is 0 Å². The molecule has 23 heavy (non-hydrogen) atoms. The molecular formula is C16H23BN2O4. The van der Waals surface area contributed by atoms with Gasteiger partial charge < -0.3 is 24.1 Å². The molecule has 1 atom stereocenters. The van der Waals surface area contributed by atoms with E-state index < -0.39 is 24.5 Å². The average Bonchev–Trinajstić information content (AvgIpc) is 2.73. The second kappa shape index (κ2) is 5.51. The van der Waals surface area contributed by atoms with Gasteiger partial charge in [-0.05, 0) is 39.8 Å². The highest BCUT2D eigenvalue weighted by Gasteiger charge is 2.52. The van der Waals surface area contributed by atoms with E-state index >= 15 is 0 Å². The molecule has 6 nitrogen and oxygen atoms in total. The van der Waals surface area contributed by atoms with Crippen molar-refractivity contribution in [1.29, 1.82) is 0 Å². The molecule has 1 aromatic heterocycles. The van der Waals surface area contributed by atoms with E-state index in [1.54, 1.807) is 11.1 Å². The van der Waals surface area contributed by atoms with Crippen molar-refractivity contribution in [3.63, 3.8) is 0 Å². The van der Waals surface area contributed by atoms with Gasteiger partial charge in [-0.15, -0.1) is 0 Å². The zero-order valence-electron chi connectivity index (χ0n) is 14.1. The predicted octanol–water partition coefficient (Wildman–Crippen LogP) is 1.08.